The third-order valence-corrected chi connectivity index (χ3v) is 2.82. The molecule has 1 aromatic carbocycles. The quantitative estimate of drug-likeness (QED) is 0.869. The normalized spacial score (nSPS) is 12.3. The molecule has 3 nitrogen and oxygen atoms in total. The number of hydrogen-bond acceptors (Lipinski definition) is 3. The fourth-order valence-electron chi connectivity index (χ4n) is 1.61. The molecule has 118 valence electrons. The van der Waals surface area contributed by atoms with Gasteiger partial charge in [0.15, 0.2) is 0 Å². The molecule has 0 fully saturated rings. The van der Waals surface area contributed by atoms with Crippen molar-refractivity contribution < 1.29 is 26.7 Å². The van der Waals surface area contributed by atoms with Gasteiger partial charge in [-0.3, -0.25) is 0 Å². The first kappa shape index (κ1) is 16.2. The molecule has 0 spiro atoms. The number of pyridine rings is 1. The van der Waals surface area contributed by atoms with E-state index in [2.05, 4.69) is 4.98 Å². The molecule has 0 saturated carbocycles. The van der Waals surface area contributed by atoms with Crippen molar-refractivity contribution in [2.24, 2.45) is 5.73 Å². The topological polar surface area (TPSA) is 48.1 Å². The van der Waals surface area contributed by atoms with Crippen LogP contribution in [0.2, 0.25) is 0 Å². The van der Waals surface area contributed by atoms with E-state index in [1.165, 1.54) is 12.1 Å². The standard InChI is InChI=1S/C14H11F5N2O/c15-13(16,8-20)9-1-4-11(5-2-9)22-12-6-3-10(7-21-12)14(17,18)19/h1-7H,8,20H2. The number of aromatic nitrogens is 1. The molecule has 0 aliphatic rings. The first-order chi connectivity index (χ1) is 10.2. The highest BCUT2D eigenvalue weighted by Crippen LogP contribution is 2.31. The number of hydrogen-bond donors (Lipinski definition) is 1. The molecule has 2 aromatic rings. The summed E-state index contributed by atoms with van der Waals surface area (Å²) in [6, 6.07) is 6.65. The van der Waals surface area contributed by atoms with Crippen LogP contribution in [0.15, 0.2) is 42.6 Å². The number of nitrogens with zero attached hydrogens (tertiary/aromatic N) is 1. The Balaban J connectivity index is 2.11. The molecule has 0 aliphatic carbocycles. The summed E-state index contributed by atoms with van der Waals surface area (Å²) in [5.74, 6) is -3.05. The molecular weight excluding hydrogens is 307 g/mol. The molecule has 1 heterocycles. The van der Waals surface area contributed by atoms with Gasteiger partial charge in [-0.05, 0) is 30.3 Å². The van der Waals surface area contributed by atoms with E-state index in [4.69, 9.17) is 10.5 Å². The highest BCUT2D eigenvalue weighted by Gasteiger charge is 2.31. The molecule has 0 unspecified atom stereocenters. The van der Waals surface area contributed by atoms with Crippen LogP contribution >= 0.6 is 0 Å². The molecule has 22 heavy (non-hydrogen) atoms. The molecule has 0 radical (unpaired) electrons. The molecule has 8 heteroatoms. The molecule has 0 bridgehead atoms. The third-order valence-electron chi connectivity index (χ3n) is 2.82. The predicted octanol–water partition coefficient (Wildman–Crippen LogP) is 3.94. The number of rotatable bonds is 4. The van der Waals surface area contributed by atoms with E-state index in [1.807, 2.05) is 0 Å². The van der Waals surface area contributed by atoms with Gasteiger partial charge in [0.25, 0.3) is 5.92 Å². The number of ether oxygens (including phenoxy) is 1. The fourth-order valence-corrected chi connectivity index (χ4v) is 1.61. The van der Waals surface area contributed by atoms with Crippen LogP contribution in [0.4, 0.5) is 22.0 Å². The maximum absolute atomic E-state index is 13.3. The summed E-state index contributed by atoms with van der Waals surface area (Å²) >= 11 is 0. The van der Waals surface area contributed by atoms with Crippen molar-refractivity contribution >= 4 is 0 Å². The van der Waals surface area contributed by atoms with Crippen LogP contribution in [0.1, 0.15) is 11.1 Å². The van der Waals surface area contributed by atoms with Crippen molar-refractivity contribution in [3.63, 3.8) is 0 Å². The van der Waals surface area contributed by atoms with E-state index in [0.717, 1.165) is 24.3 Å². The lowest BCUT2D eigenvalue weighted by molar-refractivity contribution is -0.137. The van der Waals surface area contributed by atoms with E-state index >= 15 is 0 Å². The molecule has 0 amide bonds. The van der Waals surface area contributed by atoms with Crippen molar-refractivity contribution in [1.82, 2.24) is 4.98 Å². The Labute approximate surface area is 122 Å². The lowest BCUT2D eigenvalue weighted by atomic mass is 10.1. The minimum atomic E-state index is -4.49. The SMILES string of the molecule is NCC(F)(F)c1ccc(Oc2ccc(C(F)(F)F)cn2)cc1. The Hall–Kier alpha value is -2.22. The van der Waals surface area contributed by atoms with Crippen molar-refractivity contribution in [1.29, 1.82) is 0 Å². The largest absolute Gasteiger partial charge is 0.439 e. The maximum Gasteiger partial charge on any atom is 0.417 e. The van der Waals surface area contributed by atoms with Crippen LogP contribution in [0.3, 0.4) is 0 Å². The lowest BCUT2D eigenvalue weighted by Crippen LogP contribution is -2.24. The molecule has 1 aromatic heterocycles. The van der Waals surface area contributed by atoms with Gasteiger partial charge < -0.3 is 10.5 Å². The van der Waals surface area contributed by atoms with Gasteiger partial charge in [0.05, 0.1) is 12.1 Å². The molecule has 0 atom stereocenters. The Bertz CT molecular complexity index is 623. The van der Waals surface area contributed by atoms with Crippen molar-refractivity contribution in [3.05, 3.63) is 53.7 Å². The van der Waals surface area contributed by atoms with Crippen molar-refractivity contribution in [2.45, 2.75) is 12.1 Å². The highest BCUT2D eigenvalue weighted by molar-refractivity contribution is 5.33. The van der Waals surface area contributed by atoms with Crippen LogP contribution < -0.4 is 10.5 Å². The second-order valence-corrected chi connectivity index (χ2v) is 4.42. The van der Waals surface area contributed by atoms with Crippen LogP contribution in [0.25, 0.3) is 0 Å². The van der Waals surface area contributed by atoms with E-state index in [9.17, 15) is 22.0 Å². The molecule has 0 aliphatic heterocycles. The molecule has 0 saturated heterocycles. The van der Waals surface area contributed by atoms with Gasteiger partial charge in [-0.1, -0.05) is 0 Å². The van der Waals surface area contributed by atoms with E-state index in [1.54, 1.807) is 0 Å². The van der Waals surface area contributed by atoms with Gasteiger partial charge in [0.2, 0.25) is 5.88 Å². The highest BCUT2D eigenvalue weighted by atomic mass is 19.4. The minimum absolute atomic E-state index is 0.0775. The van der Waals surface area contributed by atoms with Gasteiger partial charge >= 0.3 is 6.18 Å². The van der Waals surface area contributed by atoms with E-state index in [0.29, 0.717) is 6.20 Å². The number of alkyl halides is 5. The van der Waals surface area contributed by atoms with Gasteiger partial charge in [0.1, 0.15) is 5.75 Å². The zero-order valence-electron chi connectivity index (χ0n) is 11.1. The van der Waals surface area contributed by atoms with Crippen LogP contribution in [-0.2, 0) is 12.1 Å². The predicted molar refractivity (Wildman–Crippen MR) is 68.7 cm³/mol. The van der Waals surface area contributed by atoms with Crippen LogP contribution in [-0.4, -0.2) is 11.5 Å². The Morgan fingerprint density at radius 1 is 0.909 bits per heavy atom. The third kappa shape index (κ3) is 3.70. The second-order valence-electron chi connectivity index (χ2n) is 4.42. The van der Waals surface area contributed by atoms with Crippen molar-refractivity contribution in [2.75, 3.05) is 6.54 Å². The first-order valence-corrected chi connectivity index (χ1v) is 6.12. The Morgan fingerprint density at radius 3 is 1.95 bits per heavy atom. The second kappa shape index (κ2) is 5.88. The maximum atomic E-state index is 13.3. The summed E-state index contributed by atoms with van der Waals surface area (Å²) in [7, 11) is 0. The fraction of sp³-hybridized carbons (Fsp3) is 0.214. The monoisotopic (exact) mass is 318 g/mol. The van der Waals surface area contributed by atoms with Crippen LogP contribution in [0, 0.1) is 0 Å². The molecule has 2 rings (SSSR count). The first-order valence-electron chi connectivity index (χ1n) is 6.12. The average Bonchev–Trinajstić information content (AvgIpc) is 2.47. The van der Waals surface area contributed by atoms with Gasteiger partial charge in [-0.15, -0.1) is 0 Å². The van der Waals surface area contributed by atoms with E-state index in [-0.39, 0.29) is 17.2 Å². The summed E-state index contributed by atoms with van der Waals surface area (Å²) < 4.78 is 68.9. The van der Waals surface area contributed by atoms with Crippen LogP contribution in [0.5, 0.6) is 11.6 Å². The molecule has 2 N–H and O–H groups in total. The number of nitrogens with two attached hydrogens (primary N) is 1. The van der Waals surface area contributed by atoms with E-state index < -0.39 is 24.2 Å². The number of halogens is 5. The Morgan fingerprint density at radius 2 is 1.50 bits per heavy atom. The van der Waals surface area contributed by atoms with Crippen molar-refractivity contribution in [3.8, 4) is 11.6 Å². The summed E-state index contributed by atoms with van der Waals surface area (Å²) in [6.07, 6.45) is -3.85. The smallest absolute Gasteiger partial charge is 0.417 e. The minimum Gasteiger partial charge on any atom is -0.439 e. The summed E-state index contributed by atoms with van der Waals surface area (Å²) in [5, 5.41) is 0. The Kier molecular flexibility index (Phi) is 4.32. The zero-order chi connectivity index (χ0) is 16.4. The summed E-state index contributed by atoms with van der Waals surface area (Å²) in [6.45, 7) is -0.826. The van der Waals surface area contributed by atoms with Gasteiger partial charge in [0, 0.05) is 17.8 Å². The summed E-state index contributed by atoms with van der Waals surface area (Å²) in [4.78, 5) is 3.52. The van der Waals surface area contributed by atoms with Gasteiger partial charge in [-0.25, -0.2) is 4.98 Å². The zero-order valence-corrected chi connectivity index (χ0v) is 11.1. The average molecular weight is 318 g/mol. The summed E-state index contributed by atoms with van der Waals surface area (Å²) in [5.41, 5.74) is 3.79. The lowest BCUT2D eigenvalue weighted by Gasteiger charge is -2.14. The van der Waals surface area contributed by atoms with Gasteiger partial charge in [-0.2, -0.15) is 22.0 Å². The molecular formula is C14H11F5N2O. The number of benzene rings is 1.